The summed E-state index contributed by atoms with van der Waals surface area (Å²) in [7, 11) is 0. The highest BCUT2D eigenvalue weighted by atomic mass is 16.5. The van der Waals surface area contributed by atoms with Crippen molar-refractivity contribution in [1.29, 1.82) is 0 Å². The number of anilines is 1. The lowest BCUT2D eigenvalue weighted by atomic mass is 10.1. The van der Waals surface area contributed by atoms with Crippen LogP contribution in [0.25, 0.3) is 0 Å². The van der Waals surface area contributed by atoms with Gasteiger partial charge in [-0.05, 0) is 11.6 Å². The van der Waals surface area contributed by atoms with Crippen molar-refractivity contribution in [2.45, 2.75) is 12.6 Å². The molecular formula is C16H25N3O2. The van der Waals surface area contributed by atoms with E-state index in [2.05, 4.69) is 39.8 Å². The van der Waals surface area contributed by atoms with Crippen molar-refractivity contribution in [1.82, 2.24) is 10.6 Å². The third-order valence-electron chi connectivity index (χ3n) is 4.37. The Morgan fingerprint density at radius 1 is 1.24 bits per heavy atom. The molecule has 2 atom stereocenters. The monoisotopic (exact) mass is 291 g/mol. The Morgan fingerprint density at radius 2 is 2.05 bits per heavy atom. The molecule has 2 unspecified atom stereocenters. The summed E-state index contributed by atoms with van der Waals surface area (Å²) in [6.07, 6.45) is -0.216. The first kappa shape index (κ1) is 14.8. The van der Waals surface area contributed by atoms with E-state index in [0.29, 0.717) is 5.92 Å². The average Bonchev–Trinajstić information content (AvgIpc) is 2.94. The molecule has 116 valence electrons. The lowest BCUT2D eigenvalue weighted by molar-refractivity contribution is 0.122. The third kappa shape index (κ3) is 3.74. The smallest absolute Gasteiger partial charge is 0.0716 e. The molecule has 0 saturated carbocycles. The van der Waals surface area contributed by atoms with E-state index in [4.69, 9.17) is 4.74 Å². The molecule has 1 aromatic rings. The van der Waals surface area contributed by atoms with Crippen LogP contribution in [-0.2, 0) is 11.3 Å². The number of nitrogens with zero attached hydrogens (tertiary/aromatic N) is 1. The lowest BCUT2D eigenvalue weighted by Crippen LogP contribution is -2.37. The second-order valence-electron chi connectivity index (χ2n) is 5.84. The molecule has 0 aliphatic carbocycles. The lowest BCUT2D eigenvalue weighted by Gasteiger charge is -2.30. The van der Waals surface area contributed by atoms with Crippen molar-refractivity contribution in [3.8, 4) is 0 Å². The molecule has 2 fully saturated rings. The van der Waals surface area contributed by atoms with Crippen LogP contribution in [0.4, 0.5) is 5.69 Å². The van der Waals surface area contributed by atoms with Gasteiger partial charge in [-0.15, -0.1) is 0 Å². The van der Waals surface area contributed by atoms with Gasteiger partial charge in [-0.3, -0.25) is 0 Å². The number of β-amino-alcohol motifs (C(OH)–C–C–N with tert-alkyl or cyclic N) is 1. The average molecular weight is 291 g/mol. The minimum absolute atomic E-state index is 0.216. The number of rotatable bonds is 5. The van der Waals surface area contributed by atoms with Gasteiger partial charge in [-0.1, -0.05) is 18.2 Å². The molecule has 2 saturated heterocycles. The first-order chi connectivity index (χ1) is 10.3. The van der Waals surface area contributed by atoms with Gasteiger partial charge in [0.15, 0.2) is 0 Å². The highest BCUT2D eigenvalue weighted by Gasteiger charge is 2.24. The van der Waals surface area contributed by atoms with Crippen LogP contribution in [0.2, 0.25) is 0 Å². The fraction of sp³-hybridized carbons (Fsp3) is 0.625. The Balaban J connectivity index is 1.57. The van der Waals surface area contributed by atoms with Crippen molar-refractivity contribution in [3.05, 3.63) is 29.8 Å². The second kappa shape index (κ2) is 7.22. The molecule has 2 heterocycles. The van der Waals surface area contributed by atoms with Gasteiger partial charge < -0.3 is 25.4 Å². The SMILES string of the molecule is OC1CNCC1CNCc1ccccc1N1CCOCC1. The Labute approximate surface area is 126 Å². The standard InChI is InChI=1S/C16H25N3O2/c20-16-12-18-11-14(16)10-17-9-13-3-1-2-4-15(13)19-5-7-21-8-6-19/h1-4,14,16-18,20H,5-12H2. The van der Waals surface area contributed by atoms with Crippen LogP contribution in [0.3, 0.4) is 0 Å². The summed E-state index contributed by atoms with van der Waals surface area (Å²) >= 11 is 0. The summed E-state index contributed by atoms with van der Waals surface area (Å²) in [4.78, 5) is 2.40. The van der Waals surface area contributed by atoms with Crippen LogP contribution < -0.4 is 15.5 Å². The van der Waals surface area contributed by atoms with E-state index in [-0.39, 0.29) is 6.10 Å². The van der Waals surface area contributed by atoms with Gasteiger partial charge in [0.05, 0.1) is 19.3 Å². The van der Waals surface area contributed by atoms with Gasteiger partial charge in [-0.2, -0.15) is 0 Å². The highest BCUT2D eigenvalue weighted by Crippen LogP contribution is 2.21. The molecule has 3 N–H and O–H groups in total. The molecule has 0 bridgehead atoms. The maximum Gasteiger partial charge on any atom is 0.0716 e. The maximum atomic E-state index is 9.82. The fourth-order valence-electron chi connectivity index (χ4n) is 3.09. The Morgan fingerprint density at radius 3 is 2.81 bits per heavy atom. The molecule has 0 amide bonds. The largest absolute Gasteiger partial charge is 0.391 e. The number of benzene rings is 1. The van der Waals surface area contributed by atoms with E-state index in [9.17, 15) is 5.11 Å². The van der Waals surface area contributed by atoms with Crippen molar-refractivity contribution in [3.63, 3.8) is 0 Å². The molecule has 2 aliphatic heterocycles. The second-order valence-corrected chi connectivity index (χ2v) is 5.84. The summed E-state index contributed by atoms with van der Waals surface area (Å²) in [6.45, 7) is 6.85. The molecule has 3 rings (SSSR count). The van der Waals surface area contributed by atoms with E-state index in [1.807, 2.05) is 0 Å². The molecule has 2 aliphatic rings. The molecule has 0 aromatic heterocycles. The molecule has 0 spiro atoms. The van der Waals surface area contributed by atoms with Gasteiger partial charge in [-0.25, -0.2) is 0 Å². The van der Waals surface area contributed by atoms with Crippen LogP contribution in [0.1, 0.15) is 5.56 Å². The van der Waals surface area contributed by atoms with Crippen molar-refractivity contribution in [2.24, 2.45) is 5.92 Å². The summed E-state index contributed by atoms with van der Waals surface area (Å²) in [5.41, 5.74) is 2.62. The zero-order valence-corrected chi connectivity index (χ0v) is 12.4. The van der Waals surface area contributed by atoms with Crippen molar-refractivity contribution in [2.75, 3.05) is 50.8 Å². The maximum absolute atomic E-state index is 9.82. The Bertz CT molecular complexity index is 449. The number of nitrogens with one attached hydrogen (secondary N) is 2. The van der Waals surface area contributed by atoms with Crippen LogP contribution >= 0.6 is 0 Å². The summed E-state index contributed by atoms with van der Waals surface area (Å²) < 4.78 is 5.43. The van der Waals surface area contributed by atoms with Crippen molar-refractivity contribution < 1.29 is 9.84 Å². The Hall–Kier alpha value is -1.14. The predicted octanol–water partition coefficient (Wildman–Crippen LogP) is 0.193. The van der Waals surface area contributed by atoms with E-state index in [0.717, 1.165) is 52.5 Å². The number of aliphatic hydroxyl groups excluding tert-OH is 1. The number of para-hydroxylation sites is 1. The van der Waals surface area contributed by atoms with Gasteiger partial charge in [0.25, 0.3) is 0 Å². The fourth-order valence-corrected chi connectivity index (χ4v) is 3.09. The first-order valence-electron chi connectivity index (χ1n) is 7.84. The van der Waals surface area contributed by atoms with E-state index in [1.165, 1.54) is 11.3 Å². The highest BCUT2D eigenvalue weighted by molar-refractivity contribution is 5.53. The number of aliphatic hydroxyl groups is 1. The topological polar surface area (TPSA) is 56.8 Å². The van der Waals surface area contributed by atoms with Crippen molar-refractivity contribution >= 4 is 5.69 Å². The van der Waals surface area contributed by atoms with E-state index in [1.54, 1.807) is 0 Å². The molecular weight excluding hydrogens is 266 g/mol. The molecule has 0 radical (unpaired) electrons. The Kier molecular flexibility index (Phi) is 5.08. The summed E-state index contributed by atoms with van der Waals surface area (Å²) in [5.74, 6) is 0.320. The molecule has 5 heteroatoms. The number of morpholine rings is 1. The van der Waals surface area contributed by atoms with Gasteiger partial charge in [0.2, 0.25) is 0 Å². The number of hydrogen-bond acceptors (Lipinski definition) is 5. The summed E-state index contributed by atoms with van der Waals surface area (Å²) in [5, 5.41) is 16.5. The predicted molar refractivity (Wildman–Crippen MR) is 83.5 cm³/mol. The molecule has 1 aromatic carbocycles. The van der Waals surface area contributed by atoms with Crippen LogP contribution in [0.15, 0.2) is 24.3 Å². The quantitative estimate of drug-likeness (QED) is 0.723. The normalized spacial score (nSPS) is 26.2. The zero-order valence-electron chi connectivity index (χ0n) is 12.4. The minimum Gasteiger partial charge on any atom is -0.391 e. The zero-order chi connectivity index (χ0) is 14.5. The van der Waals surface area contributed by atoms with Gasteiger partial charge in [0.1, 0.15) is 0 Å². The van der Waals surface area contributed by atoms with Crippen LogP contribution in [0, 0.1) is 5.92 Å². The van der Waals surface area contributed by atoms with Gasteiger partial charge in [0, 0.05) is 50.9 Å². The van der Waals surface area contributed by atoms with E-state index >= 15 is 0 Å². The van der Waals surface area contributed by atoms with Gasteiger partial charge >= 0.3 is 0 Å². The molecule has 5 nitrogen and oxygen atoms in total. The number of ether oxygens (including phenoxy) is 1. The van der Waals surface area contributed by atoms with Crippen LogP contribution in [-0.4, -0.2) is 57.1 Å². The third-order valence-corrected chi connectivity index (χ3v) is 4.37. The minimum atomic E-state index is -0.216. The van der Waals surface area contributed by atoms with E-state index < -0.39 is 0 Å². The first-order valence-corrected chi connectivity index (χ1v) is 7.84. The summed E-state index contributed by atoms with van der Waals surface area (Å²) in [6, 6.07) is 8.56. The molecule has 21 heavy (non-hydrogen) atoms. The van der Waals surface area contributed by atoms with Crippen LogP contribution in [0.5, 0.6) is 0 Å². The number of hydrogen-bond donors (Lipinski definition) is 3.